The first-order chi connectivity index (χ1) is 8.24. The first-order valence-electron chi connectivity index (χ1n) is 5.04. The van der Waals surface area contributed by atoms with Gasteiger partial charge in [0.25, 0.3) is 0 Å². The highest BCUT2D eigenvalue weighted by Gasteiger charge is 2.16. The molecule has 2 aromatic heterocycles. The Hall–Kier alpha value is -2.21. The molecule has 17 heavy (non-hydrogen) atoms. The highest BCUT2D eigenvalue weighted by Crippen LogP contribution is 2.25. The van der Waals surface area contributed by atoms with Gasteiger partial charge in [-0.3, -0.25) is 0 Å². The van der Waals surface area contributed by atoms with Gasteiger partial charge in [0, 0.05) is 5.39 Å². The van der Waals surface area contributed by atoms with Gasteiger partial charge in [-0.1, -0.05) is 0 Å². The van der Waals surface area contributed by atoms with Crippen LogP contribution in [0.5, 0.6) is 0 Å². The molecule has 0 bridgehead atoms. The lowest BCUT2D eigenvalue weighted by Gasteiger charge is -2.02. The lowest BCUT2D eigenvalue weighted by molar-refractivity contribution is 0.520. The summed E-state index contributed by atoms with van der Waals surface area (Å²) in [6.07, 6.45) is 1.53. The van der Waals surface area contributed by atoms with Crippen LogP contribution in [-0.2, 0) is 0 Å². The van der Waals surface area contributed by atoms with Gasteiger partial charge < -0.3 is 10.2 Å². The first kappa shape index (κ1) is 9.98. The van der Waals surface area contributed by atoms with E-state index >= 15 is 0 Å². The molecule has 2 heterocycles. The van der Waals surface area contributed by atoms with Crippen molar-refractivity contribution >= 4 is 11.0 Å². The van der Waals surface area contributed by atoms with E-state index in [1.165, 1.54) is 18.3 Å². The summed E-state index contributed by atoms with van der Waals surface area (Å²) >= 11 is 0. The van der Waals surface area contributed by atoms with Crippen molar-refractivity contribution in [2.45, 2.75) is 6.04 Å². The SMILES string of the molecule is NC(c1cn[nH]n1)c1cc2cc(F)ccc2o1. The predicted octanol–water partition coefficient (Wildman–Crippen LogP) is 1.74. The second kappa shape index (κ2) is 3.67. The minimum Gasteiger partial charge on any atom is -0.459 e. The third-order valence-electron chi connectivity index (χ3n) is 2.56. The van der Waals surface area contributed by atoms with Crippen LogP contribution in [0, 0.1) is 5.82 Å². The predicted molar refractivity (Wildman–Crippen MR) is 58.6 cm³/mol. The molecule has 0 amide bonds. The number of hydrogen-bond donors (Lipinski definition) is 2. The normalized spacial score (nSPS) is 13.1. The molecule has 86 valence electrons. The number of nitrogens with one attached hydrogen (secondary N) is 1. The fourth-order valence-corrected chi connectivity index (χ4v) is 1.69. The average Bonchev–Trinajstić information content (AvgIpc) is 2.96. The van der Waals surface area contributed by atoms with Gasteiger partial charge in [0.1, 0.15) is 28.9 Å². The van der Waals surface area contributed by atoms with E-state index < -0.39 is 6.04 Å². The van der Waals surface area contributed by atoms with Gasteiger partial charge in [-0.25, -0.2) is 4.39 Å². The third-order valence-corrected chi connectivity index (χ3v) is 2.56. The Morgan fingerprint density at radius 3 is 3.00 bits per heavy atom. The van der Waals surface area contributed by atoms with Crippen LogP contribution < -0.4 is 5.73 Å². The molecule has 6 heteroatoms. The van der Waals surface area contributed by atoms with Crippen LogP contribution in [-0.4, -0.2) is 15.4 Å². The molecular weight excluding hydrogens is 223 g/mol. The van der Waals surface area contributed by atoms with Crippen molar-refractivity contribution in [3.63, 3.8) is 0 Å². The van der Waals surface area contributed by atoms with Gasteiger partial charge in [-0.15, -0.1) is 0 Å². The average molecular weight is 232 g/mol. The van der Waals surface area contributed by atoms with Crippen molar-refractivity contribution < 1.29 is 8.81 Å². The zero-order valence-electron chi connectivity index (χ0n) is 8.72. The summed E-state index contributed by atoms with van der Waals surface area (Å²) in [5, 5.41) is 10.7. The van der Waals surface area contributed by atoms with Crippen molar-refractivity contribution in [2.75, 3.05) is 0 Å². The van der Waals surface area contributed by atoms with Gasteiger partial charge in [-0.05, 0) is 24.3 Å². The van der Waals surface area contributed by atoms with Crippen LogP contribution in [0.3, 0.4) is 0 Å². The second-order valence-electron chi connectivity index (χ2n) is 3.70. The standard InChI is InChI=1S/C11H9FN4O/c12-7-1-2-9-6(3-7)4-10(17-9)11(13)8-5-14-16-15-8/h1-5,11H,13H2,(H,14,15,16). The van der Waals surface area contributed by atoms with Gasteiger partial charge in [0.2, 0.25) is 0 Å². The van der Waals surface area contributed by atoms with E-state index in [1.54, 1.807) is 12.1 Å². The molecule has 3 rings (SSSR count). The number of rotatable bonds is 2. The summed E-state index contributed by atoms with van der Waals surface area (Å²) in [6.45, 7) is 0. The number of furan rings is 1. The van der Waals surface area contributed by atoms with E-state index in [4.69, 9.17) is 10.2 Å². The number of halogens is 1. The Bertz CT molecular complexity index is 647. The second-order valence-corrected chi connectivity index (χ2v) is 3.70. The monoisotopic (exact) mass is 232 g/mol. The van der Waals surface area contributed by atoms with Crippen LogP contribution in [0.15, 0.2) is 34.9 Å². The van der Waals surface area contributed by atoms with Crippen LogP contribution in [0.2, 0.25) is 0 Å². The number of nitrogens with zero attached hydrogens (tertiary/aromatic N) is 2. The quantitative estimate of drug-likeness (QED) is 0.705. The molecule has 0 aliphatic rings. The molecule has 1 unspecified atom stereocenters. The fourth-order valence-electron chi connectivity index (χ4n) is 1.69. The third kappa shape index (κ3) is 1.68. The lowest BCUT2D eigenvalue weighted by atomic mass is 10.1. The maximum absolute atomic E-state index is 13.0. The lowest BCUT2D eigenvalue weighted by Crippen LogP contribution is -2.11. The Kier molecular flexibility index (Phi) is 2.15. The van der Waals surface area contributed by atoms with Crippen LogP contribution >= 0.6 is 0 Å². The maximum atomic E-state index is 13.0. The Labute approximate surface area is 95.4 Å². The summed E-state index contributed by atoms with van der Waals surface area (Å²) in [7, 11) is 0. The molecule has 3 aromatic rings. The molecular formula is C11H9FN4O. The molecule has 0 fully saturated rings. The molecule has 1 atom stereocenters. The van der Waals surface area contributed by atoms with Gasteiger partial charge in [0.15, 0.2) is 0 Å². The Balaban J connectivity index is 2.06. The van der Waals surface area contributed by atoms with E-state index in [-0.39, 0.29) is 5.82 Å². The van der Waals surface area contributed by atoms with Gasteiger partial charge >= 0.3 is 0 Å². The highest BCUT2D eigenvalue weighted by molar-refractivity contribution is 5.78. The van der Waals surface area contributed by atoms with Crippen LogP contribution in [0.4, 0.5) is 4.39 Å². The molecule has 0 aliphatic carbocycles. The Morgan fingerprint density at radius 2 is 2.24 bits per heavy atom. The number of fused-ring (bicyclic) bond motifs is 1. The summed E-state index contributed by atoms with van der Waals surface area (Å²) in [5.41, 5.74) is 7.12. The van der Waals surface area contributed by atoms with E-state index in [9.17, 15) is 4.39 Å². The van der Waals surface area contributed by atoms with Crippen molar-refractivity contribution in [2.24, 2.45) is 5.73 Å². The largest absolute Gasteiger partial charge is 0.459 e. The van der Waals surface area contributed by atoms with Crippen molar-refractivity contribution in [3.8, 4) is 0 Å². The maximum Gasteiger partial charge on any atom is 0.134 e. The molecule has 0 spiro atoms. The summed E-state index contributed by atoms with van der Waals surface area (Å²) in [4.78, 5) is 0. The Morgan fingerprint density at radius 1 is 1.35 bits per heavy atom. The minimum atomic E-state index is -0.510. The fraction of sp³-hybridized carbons (Fsp3) is 0.0909. The van der Waals surface area contributed by atoms with Gasteiger partial charge in [0.05, 0.1) is 6.20 Å². The van der Waals surface area contributed by atoms with E-state index in [1.807, 2.05) is 0 Å². The molecule has 1 aromatic carbocycles. The molecule has 5 nitrogen and oxygen atoms in total. The van der Waals surface area contributed by atoms with Crippen LogP contribution in [0.25, 0.3) is 11.0 Å². The molecule has 3 N–H and O–H groups in total. The smallest absolute Gasteiger partial charge is 0.134 e. The topological polar surface area (TPSA) is 80.7 Å². The van der Waals surface area contributed by atoms with Gasteiger partial charge in [-0.2, -0.15) is 15.4 Å². The van der Waals surface area contributed by atoms with Crippen molar-refractivity contribution in [1.29, 1.82) is 0 Å². The van der Waals surface area contributed by atoms with Crippen molar-refractivity contribution in [1.82, 2.24) is 15.4 Å². The van der Waals surface area contributed by atoms with E-state index in [0.29, 0.717) is 22.4 Å². The summed E-state index contributed by atoms with van der Waals surface area (Å²) in [5.74, 6) is 0.222. The molecule has 0 saturated heterocycles. The summed E-state index contributed by atoms with van der Waals surface area (Å²) in [6, 6.07) is 5.51. The first-order valence-corrected chi connectivity index (χ1v) is 5.04. The number of aromatic amines is 1. The minimum absolute atomic E-state index is 0.306. The van der Waals surface area contributed by atoms with E-state index in [2.05, 4.69) is 15.4 Å². The molecule has 0 saturated carbocycles. The highest BCUT2D eigenvalue weighted by atomic mass is 19.1. The number of H-pyrrole nitrogens is 1. The molecule has 0 aliphatic heterocycles. The number of hydrogen-bond acceptors (Lipinski definition) is 4. The van der Waals surface area contributed by atoms with E-state index in [0.717, 1.165) is 0 Å². The number of nitrogens with two attached hydrogens (primary N) is 1. The number of aromatic nitrogens is 3. The zero-order valence-corrected chi connectivity index (χ0v) is 8.72. The van der Waals surface area contributed by atoms with Crippen LogP contribution in [0.1, 0.15) is 17.5 Å². The number of benzene rings is 1. The molecule has 0 radical (unpaired) electrons. The zero-order chi connectivity index (χ0) is 11.8. The summed E-state index contributed by atoms with van der Waals surface area (Å²) < 4.78 is 18.6. The van der Waals surface area contributed by atoms with Crippen molar-refractivity contribution in [3.05, 3.63) is 47.7 Å².